The van der Waals surface area contributed by atoms with Crippen molar-refractivity contribution < 1.29 is 0 Å². The second-order valence-electron chi connectivity index (χ2n) is 6.79. The van der Waals surface area contributed by atoms with Crippen LogP contribution in [0, 0.1) is 0 Å². The molecule has 27 heavy (non-hydrogen) atoms. The lowest BCUT2D eigenvalue weighted by molar-refractivity contribution is 0.767. The fourth-order valence-electron chi connectivity index (χ4n) is 2.96. The number of nitrogens with one attached hydrogen (secondary N) is 1. The van der Waals surface area contributed by atoms with Gasteiger partial charge in [0.2, 0.25) is 0 Å². The standard InChI is InChI=1S/C20H20N4OS2/c1-12(2)14-4-6-15(7-5-14)16-11-26-19-17(16)18(25)22-20(23-19)27-10-13-8-21-24(3)9-13/h4-9,11-12H,10H2,1-3H3,(H,22,23,25). The summed E-state index contributed by atoms with van der Waals surface area (Å²) in [5.74, 6) is 1.21. The highest BCUT2D eigenvalue weighted by molar-refractivity contribution is 7.98. The number of H-pyrrole nitrogens is 1. The molecule has 0 unspecified atom stereocenters. The number of thioether (sulfide) groups is 1. The van der Waals surface area contributed by atoms with Crippen molar-refractivity contribution >= 4 is 33.3 Å². The van der Waals surface area contributed by atoms with Crippen molar-refractivity contribution in [1.82, 2.24) is 19.7 Å². The maximum absolute atomic E-state index is 12.7. The predicted octanol–water partition coefficient (Wildman–Crippen LogP) is 4.80. The normalized spacial score (nSPS) is 11.6. The Morgan fingerprint density at radius 1 is 1.26 bits per heavy atom. The third kappa shape index (κ3) is 3.70. The van der Waals surface area contributed by atoms with E-state index in [0.29, 0.717) is 16.5 Å². The lowest BCUT2D eigenvalue weighted by atomic mass is 9.99. The second-order valence-corrected chi connectivity index (χ2v) is 8.61. The van der Waals surface area contributed by atoms with Crippen molar-refractivity contribution in [3.8, 4) is 11.1 Å². The summed E-state index contributed by atoms with van der Waals surface area (Å²) in [6, 6.07) is 8.43. The first-order valence-electron chi connectivity index (χ1n) is 8.73. The van der Waals surface area contributed by atoms with Gasteiger partial charge >= 0.3 is 0 Å². The largest absolute Gasteiger partial charge is 0.301 e. The Balaban J connectivity index is 1.64. The topological polar surface area (TPSA) is 63.6 Å². The molecule has 0 aliphatic heterocycles. The van der Waals surface area contributed by atoms with Crippen LogP contribution in [-0.2, 0) is 12.8 Å². The van der Waals surface area contributed by atoms with Gasteiger partial charge in [0.15, 0.2) is 5.16 Å². The first kappa shape index (κ1) is 18.0. The smallest absolute Gasteiger partial charge is 0.260 e. The number of fused-ring (bicyclic) bond motifs is 1. The minimum absolute atomic E-state index is 0.0853. The monoisotopic (exact) mass is 396 g/mol. The summed E-state index contributed by atoms with van der Waals surface area (Å²) in [6.07, 6.45) is 3.79. The molecule has 0 bridgehead atoms. The van der Waals surface area contributed by atoms with Gasteiger partial charge in [0.25, 0.3) is 5.56 Å². The van der Waals surface area contributed by atoms with Crippen molar-refractivity contribution in [1.29, 1.82) is 0 Å². The molecule has 7 heteroatoms. The summed E-state index contributed by atoms with van der Waals surface area (Å²) < 4.78 is 1.77. The van der Waals surface area contributed by atoms with Crippen LogP contribution in [0.4, 0.5) is 0 Å². The zero-order valence-electron chi connectivity index (χ0n) is 15.4. The van der Waals surface area contributed by atoms with Gasteiger partial charge in [-0.3, -0.25) is 9.48 Å². The number of benzene rings is 1. The molecule has 0 radical (unpaired) electrons. The summed E-state index contributed by atoms with van der Waals surface area (Å²) in [5.41, 5.74) is 4.30. The highest BCUT2D eigenvalue weighted by Crippen LogP contribution is 2.32. The molecule has 0 amide bonds. The molecular weight excluding hydrogens is 376 g/mol. The molecule has 3 heterocycles. The molecule has 0 spiro atoms. The van der Waals surface area contributed by atoms with Crippen LogP contribution in [0.25, 0.3) is 21.3 Å². The van der Waals surface area contributed by atoms with E-state index < -0.39 is 0 Å². The van der Waals surface area contributed by atoms with E-state index in [1.165, 1.54) is 28.7 Å². The van der Waals surface area contributed by atoms with Crippen molar-refractivity contribution in [2.75, 3.05) is 0 Å². The quantitative estimate of drug-likeness (QED) is 0.389. The van der Waals surface area contributed by atoms with E-state index in [2.05, 4.69) is 53.2 Å². The average molecular weight is 397 g/mol. The van der Waals surface area contributed by atoms with Crippen molar-refractivity contribution in [3.05, 3.63) is 63.5 Å². The van der Waals surface area contributed by atoms with Crippen LogP contribution < -0.4 is 5.56 Å². The zero-order valence-corrected chi connectivity index (χ0v) is 17.0. The number of aromatic amines is 1. The van der Waals surface area contributed by atoms with Crippen LogP contribution in [0.15, 0.2) is 52.0 Å². The van der Waals surface area contributed by atoms with Crippen molar-refractivity contribution in [3.63, 3.8) is 0 Å². The van der Waals surface area contributed by atoms with Crippen LogP contribution in [0.2, 0.25) is 0 Å². The van der Waals surface area contributed by atoms with E-state index in [0.717, 1.165) is 27.3 Å². The molecule has 3 aromatic heterocycles. The fraction of sp³-hybridized carbons (Fsp3) is 0.250. The lowest BCUT2D eigenvalue weighted by Crippen LogP contribution is -2.08. The SMILES string of the molecule is CC(C)c1ccc(-c2csc3nc(SCc4cnn(C)c4)[nH]c(=O)c23)cc1. The van der Waals surface area contributed by atoms with Crippen LogP contribution in [-0.4, -0.2) is 19.7 Å². The first-order valence-corrected chi connectivity index (χ1v) is 10.6. The van der Waals surface area contributed by atoms with Gasteiger partial charge in [-0.2, -0.15) is 5.10 Å². The number of aryl methyl sites for hydroxylation is 1. The number of nitrogens with zero attached hydrogens (tertiary/aromatic N) is 3. The highest BCUT2D eigenvalue weighted by atomic mass is 32.2. The molecular formula is C20H20N4OS2. The summed E-state index contributed by atoms with van der Waals surface area (Å²) in [5, 5.41) is 7.49. The van der Waals surface area contributed by atoms with E-state index in [9.17, 15) is 4.79 Å². The van der Waals surface area contributed by atoms with E-state index in [4.69, 9.17) is 0 Å². The second kappa shape index (κ2) is 7.32. The molecule has 0 saturated heterocycles. The number of hydrogen-bond donors (Lipinski definition) is 1. The predicted molar refractivity (Wildman–Crippen MR) is 113 cm³/mol. The van der Waals surface area contributed by atoms with Crippen molar-refractivity contribution in [2.45, 2.75) is 30.7 Å². The number of hydrogen-bond acceptors (Lipinski definition) is 5. The van der Waals surface area contributed by atoms with Gasteiger partial charge < -0.3 is 4.98 Å². The summed E-state index contributed by atoms with van der Waals surface area (Å²) in [6.45, 7) is 4.35. The Labute approximate surface area is 165 Å². The molecule has 138 valence electrons. The van der Waals surface area contributed by atoms with E-state index >= 15 is 0 Å². The maximum Gasteiger partial charge on any atom is 0.260 e. The van der Waals surface area contributed by atoms with Gasteiger partial charge in [-0.15, -0.1) is 11.3 Å². The summed E-state index contributed by atoms with van der Waals surface area (Å²) in [7, 11) is 1.89. The maximum atomic E-state index is 12.7. The molecule has 0 atom stereocenters. The van der Waals surface area contributed by atoms with E-state index in [-0.39, 0.29) is 5.56 Å². The Kier molecular flexibility index (Phi) is 4.88. The Hall–Kier alpha value is -2.38. The Morgan fingerprint density at radius 2 is 2.04 bits per heavy atom. The molecule has 1 N–H and O–H groups in total. The minimum Gasteiger partial charge on any atom is -0.301 e. The summed E-state index contributed by atoms with van der Waals surface area (Å²) >= 11 is 3.03. The Bertz CT molecular complexity index is 1140. The molecule has 5 nitrogen and oxygen atoms in total. The number of aromatic nitrogens is 4. The van der Waals surface area contributed by atoms with Gasteiger partial charge in [0, 0.05) is 35.5 Å². The van der Waals surface area contributed by atoms with Gasteiger partial charge in [-0.05, 0) is 17.0 Å². The molecule has 0 saturated carbocycles. The summed E-state index contributed by atoms with van der Waals surface area (Å²) in [4.78, 5) is 21.1. The van der Waals surface area contributed by atoms with Crippen molar-refractivity contribution in [2.24, 2.45) is 7.05 Å². The molecule has 0 fully saturated rings. The van der Waals surface area contributed by atoms with E-state index in [1.807, 2.05) is 24.8 Å². The van der Waals surface area contributed by atoms with Crippen LogP contribution in [0.3, 0.4) is 0 Å². The number of thiophene rings is 1. The third-order valence-corrected chi connectivity index (χ3v) is 6.26. The van der Waals surface area contributed by atoms with Gasteiger partial charge in [-0.25, -0.2) is 4.98 Å². The van der Waals surface area contributed by atoms with Crippen LogP contribution in [0.5, 0.6) is 0 Å². The van der Waals surface area contributed by atoms with Gasteiger partial charge in [-0.1, -0.05) is 49.9 Å². The minimum atomic E-state index is -0.0853. The van der Waals surface area contributed by atoms with Crippen LogP contribution >= 0.6 is 23.1 Å². The molecule has 0 aliphatic rings. The van der Waals surface area contributed by atoms with Crippen LogP contribution in [0.1, 0.15) is 30.9 Å². The first-order chi connectivity index (χ1) is 13.0. The molecule has 1 aromatic carbocycles. The molecule has 4 rings (SSSR count). The fourth-order valence-corrected chi connectivity index (χ4v) is 4.73. The zero-order chi connectivity index (χ0) is 19.0. The average Bonchev–Trinajstić information content (AvgIpc) is 3.26. The third-order valence-electron chi connectivity index (χ3n) is 4.44. The lowest BCUT2D eigenvalue weighted by Gasteiger charge is -2.06. The van der Waals surface area contributed by atoms with Gasteiger partial charge in [0.1, 0.15) is 4.83 Å². The Morgan fingerprint density at radius 3 is 2.70 bits per heavy atom. The number of rotatable bonds is 5. The molecule has 0 aliphatic carbocycles. The highest BCUT2D eigenvalue weighted by Gasteiger charge is 2.14. The van der Waals surface area contributed by atoms with Gasteiger partial charge in [0.05, 0.1) is 11.6 Å². The van der Waals surface area contributed by atoms with E-state index in [1.54, 1.807) is 4.68 Å². The molecule has 4 aromatic rings.